The normalized spacial score (nSPS) is 27.4. The van der Waals surface area contributed by atoms with Crippen molar-refractivity contribution in [1.29, 1.82) is 0 Å². The molecule has 0 bridgehead atoms. The van der Waals surface area contributed by atoms with Gasteiger partial charge in [0.25, 0.3) is 0 Å². The maximum Gasteiger partial charge on any atom is 0.0656 e. The Bertz CT molecular complexity index is 385. The molecule has 2 rings (SSSR count). The fourth-order valence-corrected chi connectivity index (χ4v) is 2.87. The quantitative estimate of drug-likeness (QED) is 0.851. The van der Waals surface area contributed by atoms with Crippen molar-refractivity contribution in [2.24, 2.45) is 17.6 Å². The summed E-state index contributed by atoms with van der Waals surface area (Å²) >= 11 is 0. The van der Waals surface area contributed by atoms with Gasteiger partial charge in [0.05, 0.1) is 12.1 Å². The first kappa shape index (κ1) is 14.5. The zero-order chi connectivity index (χ0) is 13.9. The van der Waals surface area contributed by atoms with Crippen molar-refractivity contribution < 1.29 is 5.11 Å². The number of likely N-dealkylation sites (tertiary alicyclic amines) is 1. The van der Waals surface area contributed by atoms with Gasteiger partial charge in [-0.1, -0.05) is 44.2 Å². The van der Waals surface area contributed by atoms with E-state index >= 15 is 0 Å². The summed E-state index contributed by atoms with van der Waals surface area (Å²) in [5.41, 5.74) is 6.80. The Balaban J connectivity index is 1.96. The highest BCUT2D eigenvalue weighted by atomic mass is 16.3. The van der Waals surface area contributed by atoms with E-state index in [4.69, 9.17) is 5.73 Å². The molecule has 0 spiro atoms. The number of aliphatic hydroxyl groups excluding tert-OH is 1. The highest BCUT2D eigenvalue weighted by molar-refractivity contribution is 5.24. The van der Waals surface area contributed by atoms with Crippen LogP contribution in [0.25, 0.3) is 0 Å². The number of hydrogen-bond acceptors (Lipinski definition) is 3. The second kappa shape index (κ2) is 6.04. The minimum Gasteiger partial charge on any atom is -0.394 e. The predicted molar refractivity (Wildman–Crippen MR) is 78.8 cm³/mol. The molecule has 1 aromatic carbocycles. The van der Waals surface area contributed by atoms with Crippen molar-refractivity contribution in [2.75, 3.05) is 26.2 Å². The van der Waals surface area contributed by atoms with E-state index in [0.29, 0.717) is 0 Å². The molecular weight excluding hydrogens is 236 g/mol. The Labute approximate surface area is 116 Å². The summed E-state index contributed by atoms with van der Waals surface area (Å²) < 4.78 is 0. The number of benzene rings is 1. The molecule has 19 heavy (non-hydrogen) atoms. The minimum absolute atomic E-state index is 0.00401. The SMILES string of the molecule is CC1CN(CCC(N)(CO)c2ccccc2)CC1C. The van der Waals surface area contributed by atoms with Crippen molar-refractivity contribution in [3.63, 3.8) is 0 Å². The fraction of sp³-hybridized carbons (Fsp3) is 0.625. The monoisotopic (exact) mass is 262 g/mol. The predicted octanol–water partition coefficient (Wildman–Crippen LogP) is 1.81. The Morgan fingerprint density at radius 1 is 1.21 bits per heavy atom. The Morgan fingerprint density at radius 2 is 1.79 bits per heavy atom. The van der Waals surface area contributed by atoms with Crippen LogP contribution in [0.15, 0.2) is 30.3 Å². The largest absolute Gasteiger partial charge is 0.394 e. The minimum atomic E-state index is -0.615. The van der Waals surface area contributed by atoms with Gasteiger partial charge in [0.2, 0.25) is 0 Å². The van der Waals surface area contributed by atoms with Crippen molar-refractivity contribution in [3.05, 3.63) is 35.9 Å². The van der Waals surface area contributed by atoms with Crippen molar-refractivity contribution >= 4 is 0 Å². The van der Waals surface area contributed by atoms with E-state index in [1.54, 1.807) is 0 Å². The lowest BCUT2D eigenvalue weighted by Crippen LogP contribution is -2.43. The van der Waals surface area contributed by atoms with Crippen LogP contribution in [0.4, 0.5) is 0 Å². The molecule has 0 aliphatic carbocycles. The molecule has 0 radical (unpaired) electrons. The molecule has 3 N–H and O–H groups in total. The molecule has 3 nitrogen and oxygen atoms in total. The molecular formula is C16H26N2O. The molecule has 0 amide bonds. The molecule has 1 aliphatic heterocycles. The maximum absolute atomic E-state index is 9.67. The van der Waals surface area contributed by atoms with Gasteiger partial charge in [-0.05, 0) is 23.8 Å². The zero-order valence-electron chi connectivity index (χ0n) is 12.0. The van der Waals surface area contributed by atoms with Gasteiger partial charge in [0, 0.05) is 19.6 Å². The van der Waals surface area contributed by atoms with Gasteiger partial charge < -0.3 is 15.7 Å². The van der Waals surface area contributed by atoms with E-state index < -0.39 is 5.54 Å². The molecule has 1 aromatic rings. The van der Waals surface area contributed by atoms with E-state index in [-0.39, 0.29) is 6.61 Å². The highest BCUT2D eigenvalue weighted by Gasteiger charge is 2.30. The lowest BCUT2D eigenvalue weighted by Gasteiger charge is -2.30. The molecule has 106 valence electrons. The summed E-state index contributed by atoms with van der Waals surface area (Å²) in [5, 5.41) is 9.67. The molecule has 3 atom stereocenters. The van der Waals surface area contributed by atoms with Crippen LogP contribution in [-0.4, -0.2) is 36.2 Å². The van der Waals surface area contributed by atoms with E-state index in [9.17, 15) is 5.11 Å². The summed E-state index contributed by atoms with van der Waals surface area (Å²) in [6.45, 7) is 7.87. The highest BCUT2D eigenvalue weighted by Crippen LogP contribution is 2.26. The van der Waals surface area contributed by atoms with Crippen LogP contribution >= 0.6 is 0 Å². The van der Waals surface area contributed by atoms with Crippen molar-refractivity contribution in [2.45, 2.75) is 25.8 Å². The van der Waals surface area contributed by atoms with Gasteiger partial charge in [-0.2, -0.15) is 0 Å². The molecule has 0 saturated carbocycles. The van der Waals surface area contributed by atoms with Crippen molar-refractivity contribution in [1.82, 2.24) is 4.90 Å². The van der Waals surface area contributed by atoms with Crippen LogP contribution in [0.1, 0.15) is 25.8 Å². The fourth-order valence-electron chi connectivity index (χ4n) is 2.87. The van der Waals surface area contributed by atoms with Crippen LogP contribution in [0.3, 0.4) is 0 Å². The van der Waals surface area contributed by atoms with Crippen LogP contribution in [-0.2, 0) is 5.54 Å². The summed E-state index contributed by atoms with van der Waals surface area (Å²) in [7, 11) is 0. The lowest BCUT2D eigenvalue weighted by atomic mass is 9.88. The smallest absolute Gasteiger partial charge is 0.0656 e. The van der Waals surface area contributed by atoms with Gasteiger partial charge in [-0.15, -0.1) is 0 Å². The van der Waals surface area contributed by atoms with Gasteiger partial charge >= 0.3 is 0 Å². The van der Waals surface area contributed by atoms with Gasteiger partial charge in [0.15, 0.2) is 0 Å². The molecule has 0 aromatic heterocycles. The molecule has 1 fully saturated rings. The third kappa shape index (κ3) is 3.35. The Hall–Kier alpha value is -0.900. The Morgan fingerprint density at radius 3 is 2.32 bits per heavy atom. The number of rotatable bonds is 5. The molecule has 1 aliphatic rings. The molecule has 3 unspecified atom stereocenters. The van der Waals surface area contributed by atoms with Gasteiger partial charge in [-0.25, -0.2) is 0 Å². The van der Waals surface area contributed by atoms with Crippen LogP contribution in [0.2, 0.25) is 0 Å². The summed E-state index contributed by atoms with van der Waals surface area (Å²) in [6, 6.07) is 9.95. The second-order valence-electron chi connectivity index (χ2n) is 6.14. The average molecular weight is 262 g/mol. The third-order valence-corrected chi connectivity index (χ3v) is 4.57. The van der Waals surface area contributed by atoms with Crippen LogP contribution < -0.4 is 5.73 Å². The van der Waals surface area contributed by atoms with E-state index in [1.807, 2.05) is 30.3 Å². The van der Waals surface area contributed by atoms with Crippen molar-refractivity contribution in [3.8, 4) is 0 Å². The topological polar surface area (TPSA) is 49.5 Å². The number of nitrogens with zero attached hydrogens (tertiary/aromatic N) is 1. The zero-order valence-corrected chi connectivity index (χ0v) is 12.0. The standard InChI is InChI=1S/C16H26N2O/c1-13-10-18(11-14(13)2)9-8-16(17,12-19)15-6-4-3-5-7-15/h3-7,13-14,19H,8-12,17H2,1-2H3. The summed E-state index contributed by atoms with van der Waals surface area (Å²) in [6.07, 6.45) is 0.799. The third-order valence-electron chi connectivity index (χ3n) is 4.57. The first-order valence-corrected chi connectivity index (χ1v) is 7.23. The first-order chi connectivity index (χ1) is 9.05. The van der Waals surface area contributed by atoms with Crippen LogP contribution in [0, 0.1) is 11.8 Å². The number of aliphatic hydroxyl groups is 1. The lowest BCUT2D eigenvalue weighted by molar-refractivity contribution is 0.169. The summed E-state index contributed by atoms with van der Waals surface area (Å²) in [5.74, 6) is 1.52. The van der Waals surface area contributed by atoms with E-state index in [1.165, 1.54) is 0 Å². The second-order valence-corrected chi connectivity index (χ2v) is 6.14. The van der Waals surface area contributed by atoms with Gasteiger partial charge in [0.1, 0.15) is 0 Å². The number of nitrogens with two attached hydrogens (primary N) is 1. The Kier molecular flexibility index (Phi) is 4.61. The van der Waals surface area contributed by atoms with Gasteiger partial charge in [-0.3, -0.25) is 0 Å². The molecule has 1 saturated heterocycles. The summed E-state index contributed by atoms with van der Waals surface area (Å²) in [4.78, 5) is 2.47. The van der Waals surface area contributed by atoms with E-state index in [2.05, 4.69) is 18.7 Å². The first-order valence-electron chi connectivity index (χ1n) is 7.23. The average Bonchev–Trinajstić information content (AvgIpc) is 2.76. The molecule has 1 heterocycles. The van der Waals surface area contributed by atoms with E-state index in [0.717, 1.165) is 43.5 Å². The maximum atomic E-state index is 9.67. The van der Waals surface area contributed by atoms with Crippen LogP contribution in [0.5, 0.6) is 0 Å². The number of hydrogen-bond donors (Lipinski definition) is 2. The molecule has 3 heteroatoms.